The molecule has 1 aromatic carbocycles. The molecule has 0 aliphatic carbocycles. The zero-order valence-corrected chi connectivity index (χ0v) is 9.35. The van der Waals surface area contributed by atoms with Crippen molar-refractivity contribution in [2.24, 2.45) is 0 Å². The summed E-state index contributed by atoms with van der Waals surface area (Å²) in [6.07, 6.45) is 3.11. The Labute approximate surface area is 98.3 Å². The monoisotopic (exact) mass is 233 g/mol. The van der Waals surface area contributed by atoms with Gasteiger partial charge in [0.15, 0.2) is 11.6 Å². The van der Waals surface area contributed by atoms with Crippen LogP contribution in [0.1, 0.15) is 6.92 Å². The van der Waals surface area contributed by atoms with Gasteiger partial charge in [-0.2, -0.15) is 0 Å². The number of hydrogen-bond acceptors (Lipinski definition) is 4. The lowest BCUT2D eigenvalue weighted by molar-refractivity contribution is 0.337. The van der Waals surface area contributed by atoms with Gasteiger partial charge in [0, 0.05) is 5.56 Å². The number of nitrogens with zero attached hydrogens (tertiary/aromatic N) is 2. The smallest absolute Gasteiger partial charge is 0.159 e. The van der Waals surface area contributed by atoms with E-state index in [1.165, 1.54) is 12.1 Å². The maximum atomic E-state index is 13.3. The van der Waals surface area contributed by atoms with E-state index in [1.54, 1.807) is 18.5 Å². The van der Waals surface area contributed by atoms with Crippen molar-refractivity contribution in [2.75, 3.05) is 12.3 Å². The van der Waals surface area contributed by atoms with Gasteiger partial charge in [0.2, 0.25) is 0 Å². The normalized spacial score (nSPS) is 10.2. The summed E-state index contributed by atoms with van der Waals surface area (Å²) in [4.78, 5) is 8.19. The molecule has 2 rings (SSSR count). The van der Waals surface area contributed by atoms with Gasteiger partial charge in [-0.05, 0) is 25.1 Å². The molecule has 0 atom stereocenters. The standard InChI is InChI=1S/C12H12FN3O/c1-2-17-9-6-15-12(16-7-9)8-3-4-11(14)10(13)5-8/h3-7H,2,14H2,1H3. The molecule has 0 saturated carbocycles. The van der Waals surface area contributed by atoms with Crippen LogP contribution in [0.5, 0.6) is 5.75 Å². The van der Waals surface area contributed by atoms with Crippen LogP contribution in [-0.4, -0.2) is 16.6 Å². The summed E-state index contributed by atoms with van der Waals surface area (Å²) in [5, 5.41) is 0. The number of hydrogen-bond donors (Lipinski definition) is 1. The second kappa shape index (κ2) is 4.78. The maximum absolute atomic E-state index is 13.3. The Morgan fingerprint density at radius 2 is 2.00 bits per heavy atom. The molecule has 88 valence electrons. The van der Waals surface area contributed by atoms with Gasteiger partial charge in [0.1, 0.15) is 5.82 Å². The second-order valence-electron chi connectivity index (χ2n) is 3.41. The first-order chi connectivity index (χ1) is 8.20. The number of ether oxygens (including phenoxy) is 1. The maximum Gasteiger partial charge on any atom is 0.159 e. The van der Waals surface area contributed by atoms with Gasteiger partial charge in [0.25, 0.3) is 0 Å². The van der Waals surface area contributed by atoms with Crippen molar-refractivity contribution in [2.45, 2.75) is 6.92 Å². The highest BCUT2D eigenvalue weighted by Crippen LogP contribution is 2.20. The molecule has 2 aromatic rings. The van der Waals surface area contributed by atoms with E-state index in [0.717, 1.165) is 0 Å². The SMILES string of the molecule is CCOc1cnc(-c2ccc(N)c(F)c2)nc1. The molecular weight excluding hydrogens is 221 g/mol. The van der Waals surface area contributed by atoms with E-state index in [-0.39, 0.29) is 5.69 Å². The Balaban J connectivity index is 2.30. The van der Waals surface area contributed by atoms with Crippen LogP contribution in [-0.2, 0) is 0 Å². The molecule has 2 N–H and O–H groups in total. The Bertz CT molecular complexity index is 514. The van der Waals surface area contributed by atoms with Crippen LogP contribution >= 0.6 is 0 Å². The van der Waals surface area contributed by atoms with Gasteiger partial charge in [-0.1, -0.05) is 0 Å². The molecule has 0 aliphatic rings. The molecule has 0 spiro atoms. The van der Waals surface area contributed by atoms with Crippen LogP contribution in [0.25, 0.3) is 11.4 Å². The first-order valence-corrected chi connectivity index (χ1v) is 5.21. The molecule has 0 fully saturated rings. The molecule has 0 saturated heterocycles. The van der Waals surface area contributed by atoms with Gasteiger partial charge in [0.05, 0.1) is 24.7 Å². The van der Waals surface area contributed by atoms with Gasteiger partial charge in [-0.15, -0.1) is 0 Å². The third-order valence-electron chi connectivity index (χ3n) is 2.20. The Morgan fingerprint density at radius 3 is 2.59 bits per heavy atom. The van der Waals surface area contributed by atoms with E-state index in [4.69, 9.17) is 10.5 Å². The molecule has 4 nitrogen and oxygen atoms in total. The van der Waals surface area contributed by atoms with Crippen molar-refractivity contribution in [3.8, 4) is 17.1 Å². The van der Waals surface area contributed by atoms with Crippen molar-refractivity contribution in [1.29, 1.82) is 0 Å². The van der Waals surface area contributed by atoms with Gasteiger partial charge >= 0.3 is 0 Å². The van der Waals surface area contributed by atoms with Crippen LogP contribution in [0.3, 0.4) is 0 Å². The van der Waals surface area contributed by atoms with Crippen molar-refractivity contribution >= 4 is 5.69 Å². The lowest BCUT2D eigenvalue weighted by Crippen LogP contribution is -1.96. The third-order valence-corrected chi connectivity index (χ3v) is 2.20. The number of halogens is 1. The molecular formula is C12H12FN3O. The second-order valence-corrected chi connectivity index (χ2v) is 3.41. The zero-order chi connectivity index (χ0) is 12.3. The molecule has 17 heavy (non-hydrogen) atoms. The Morgan fingerprint density at radius 1 is 1.29 bits per heavy atom. The van der Waals surface area contributed by atoms with Gasteiger partial charge in [-0.25, -0.2) is 14.4 Å². The van der Waals surface area contributed by atoms with Crippen molar-refractivity contribution in [3.05, 3.63) is 36.4 Å². The number of aromatic nitrogens is 2. The third kappa shape index (κ3) is 2.50. The minimum absolute atomic E-state index is 0.111. The van der Waals surface area contributed by atoms with Crippen LogP contribution in [0.4, 0.5) is 10.1 Å². The largest absolute Gasteiger partial charge is 0.491 e. The summed E-state index contributed by atoms with van der Waals surface area (Å²) in [6, 6.07) is 4.48. The summed E-state index contributed by atoms with van der Waals surface area (Å²) < 4.78 is 18.5. The fourth-order valence-electron chi connectivity index (χ4n) is 1.37. The van der Waals surface area contributed by atoms with Gasteiger partial charge < -0.3 is 10.5 Å². The van der Waals surface area contributed by atoms with E-state index < -0.39 is 5.82 Å². The lowest BCUT2D eigenvalue weighted by Gasteiger charge is -2.04. The lowest BCUT2D eigenvalue weighted by atomic mass is 10.2. The van der Waals surface area contributed by atoms with Crippen molar-refractivity contribution in [1.82, 2.24) is 9.97 Å². The molecule has 0 amide bonds. The number of anilines is 1. The molecule has 0 radical (unpaired) electrons. The molecule has 0 aliphatic heterocycles. The topological polar surface area (TPSA) is 61.0 Å². The average Bonchev–Trinajstić information content (AvgIpc) is 2.34. The summed E-state index contributed by atoms with van der Waals surface area (Å²) in [6.45, 7) is 2.43. The summed E-state index contributed by atoms with van der Waals surface area (Å²) >= 11 is 0. The molecule has 0 bridgehead atoms. The van der Waals surface area contributed by atoms with Crippen LogP contribution in [0.2, 0.25) is 0 Å². The minimum Gasteiger partial charge on any atom is -0.491 e. The Hall–Kier alpha value is -2.17. The van der Waals surface area contributed by atoms with Crippen LogP contribution < -0.4 is 10.5 Å². The first kappa shape index (κ1) is 11.3. The number of nitrogen functional groups attached to an aromatic ring is 1. The van der Waals surface area contributed by atoms with E-state index in [2.05, 4.69) is 9.97 Å². The highest BCUT2D eigenvalue weighted by atomic mass is 19.1. The summed E-state index contributed by atoms with van der Waals surface area (Å²) in [5.74, 6) is 0.555. The van der Waals surface area contributed by atoms with Crippen LogP contribution in [0.15, 0.2) is 30.6 Å². The number of benzene rings is 1. The predicted octanol–water partition coefficient (Wildman–Crippen LogP) is 2.26. The highest BCUT2D eigenvalue weighted by molar-refractivity contribution is 5.59. The number of nitrogens with two attached hydrogens (primary N) is 1. The molecule has 0 unspecified atom stereocenters. The fourth-order valence-corrected chi connectivity index (χ4v) is 1.37. The summed E-state index contributed by atoms with van der Waals surface area (Å²) in [7, 11) is 0. The average molecular weight is 233 g/mol. The molecule has 1 heterocycles. The molecule has 5 heteroatoms. The van der Waals surface area contributed by atoms with E-state index in [1.807, 2.05) is 6.92 Å². The highest BCUT2D eigenvalue weighted by Gasteiger charge is 2.05. The van der Waals surface area contributed by atoms with E-state index in [9.17, 15) is 4.39 Å². The van der Waals surface area contributed by atoms with E-state index >= 15 is 0 Å². The van der Waals surface area contributed by atoms with Gasteiger partial charge in [-0.3, -0.25) is 0 Å². The quantitative estimate of drug-likeness (QED) is 0.826. The summed E-state index contributed by atoms with van der Waals surface area (Å²) in [5.41, 5.74) is 6.09. The van der Waals surface area contributed by atoms with Crippen molar-refractivity contribution in [3.63, 3.8) is 0 Å². The first-order valence-electron chi connectivity index (χ1n) is 5.21. The predicted molar refractivity (Wildman–Crippen MR) is 63.0 cm³/mol. The Kier molecular flexibility index (Phi) is 3.18. The van der Waals surface area contributed by atoms with Crippen LogP contribution in [0, 0.1) is 5.82 Å². The van der Waals surface area contributed by atoms with E-state index in [0.29, 0.717) is 23.7 Å². The number of rotatable bonds is 3. The fraction of sp³-hybridized carbons (Fsp3) is 0.167. The minimum atomic E-state index is -0.472. The zero-order valence-electron chi connectivity index (χ0n) is 9.35. The van der Waals surface area contributed by atoms with Crippen molar-refractivity contribution < 1.29 is 9.13 Å². The molecule has 1 aromatic heterocycles.